The number of nitrogens with one attached hydrogen (secondary N) is 1. The van der Waals surface area contributed by atoms with Crippen LogP contribution in [0, 0.1) is 12.8 Å². The van der Waals surface area contributed by atoms with Crippen molar-refractivity contribution < 1.29 is 9.90 Å². The van der Waals surface area contributed by atoms with Crippen molar-refractivity contribution in [3.8, 4) is 0 Å². The van der Waals surface area contributed by atoms with E-state index in [-0.39, 0.29) is 17.9 Å². The fourth-order valence-electron chi connectivity index (χ4n) is 2.34. The molecule has 1 heterocycles. The molecule has 1 aliphatic rings. The maximum absolute atomic E-state index is 11.9. The van der Waals surface area contributed by atoms with Crippen molar-refractivity contribution in [1.82, 2.24) is 5.32 Å². The topological polar surface area (TPSA) is 49.3 Å². The predicted octanol–water partition coefficient (Wildman–Crippen LogP) is 2.34. The van der Waals surface area contributed by atoms with Crippen LogP contribution in [-0.4, -0.2) is 23.7 Å². The average molecular weight is 253 g/mol. The van der Waals surface area contributed by atoms with Crippen molar-refractivity contribution in [2.75, 3.05) is 6.54 Å². The lowest BCUT2D eigenvalue weighted by molar-refractivity contribution is 0.0663. The van der Waals surface area contributed by atoms with E-state index in [1.54, 1.807) is 11.3 Å². The predicted molar refractivity (Wildman–Crippen MR) is 69.4 cm³/mol. The standard InChI is InChI=1S/C13H19NO2S/c1-9-7-17-8-11(9)13(16)14-6-10-4-2-3-5-12(10)15/h7-8,10,12,15H,2-6H2,1H3,(H,14,16). The third kappa shape index (κ3) is 3.07. The third-order valence-corrected chi connectivity index (χ3v) is 4.36. The number of hydrogen-bond acceptors (Lipinski definition) is 3. The van der Waals surface area contributed by atoms with Crippen molar-refractivity contribution in [3.05, 3.63) is 21.9 Å². The summed E-state index contributed by atoms with van der Waals surface area (Å²) in [6.45, 7) is 2.54. The summed E-state index contributed by atoms with van der Waals surface area (Å²) >= 11 is 1.55. The molecule has 1 fully saturated rings. The van der Waals surface area contributed by atoms with Crippen LogP contribution in [0.2, 0.25) is 0 Å². The summed E-state index contributed by atoms with van der Waals surface area (Å²) in [5, 5.41) is 16.6. The van der Waals surface area contributed by atoms with E-state index in [1.165, 1.54) is 0 Å². The highest BCUT2D eigenvalue weighted by Crippen LogP contribution is 2.23. The van der Waals surface area contributed by atoms with Crippen LogP contribution >= 0.6 is 11.3 Å². The third-order valence-electron chi connectivity index (χ3n) is 3.49. The van der Waals surface area contributed by atoms with Gasteiger partial charge < -0.3 is 10.4 Å². The molecule has 4 heteroatoms. The molecule has 2 rings (SSSR count). The highest BCUT2D eigenvalue weighted by molar-refractivity contribution is 7.08. The van der Waals surface area contributed by atoms with E-state index < -0.39 is 0 Å². The van der Waals surface area contributed by atoms with Gasteiger partial charge in [-0.1, -0.05) is 12.8 Å². The highest BCUT2D eigenvalue weighted by Gasteiger charge is 2.23. The minimum Gasteiger partial charge on any atom is -0.393 e. The van der Waals surface area contributed by atoms with Gasteiger partial charge in [-0.2, -0.15) is 11.3 Å². The molecule has 94 valence electrons. The van der Waals surface area contributed by atoms with E-state index in [4.69, 9.17) is 0 Å². The van der Waals surface area contributed by atoms with E-state index >= 15 is 0 Å². The van der Waals surface area contributed by atoms with Crippen molar-refractivity contribution in [3.63, 3.8) is 0 Å². The van der Waals surface area contributed by atoms with Crippen molar-refractivity contribution in [1.29, 1.82) is 0 Å². The van der Waals surface area contributed by atoms with E-state index in [1.807, 2.05) is 17.7 Å². The fourth-order valence-corrected chi connectivity index (χ4v) is 3.17. The second kappa shape index (κ2) is 5.65. The number of thiophene rings is 1. The minimum atomic E-state index is -0.243. The van der Waals surface area contributed by atoms with Crippen LogP contribution in [0.15, 0.2) is 10.8 Å². The normalized spacial score (nSPS) is 24.6. The molecule has 3 nitrogen and oxygen atoms in total. The van der Waals surface area contributed by atoms with Gasteiger partial charge in [0.2, 0.25) is 0 Å². The zero-order chi connectivity index (χ0) is 12.3. The Bertz CT molecular complexity index is 389. The SMILES string of the molecule is Cc1cscc1C(=O)NCC1CCCCC1O. The maximum Gasteiger partial charge on any atom is 0.252 e. The zero-order valence-electron chi connectivity index (χ0n) is 10.1. The van der Waals surface area contributed by atoms with E-state index in [0.717, 1.165) is 36.8 Å². The summed E-state index contributed by atoms with van der Waals surface area (Å²) in [6, 6.07) is 0. The first kappa shape index (κ1) is 12.6. The summed E-state index contributed by atoms with van der Waals surface area (Å²) in [5.41, 5.74) is 1.79. The van der Waals surface area contributed by atoms with Crippen LogP contribution in [0.4, 0.5) is 0 Å². The second-order valence-corrected chi connectivity index (χ2v) is 5.53. The molecule has 2 N–H and O–H groups in total. The Balaban J connectivity index is 1.86. The van der Waals surface area contributed by atoms with Crippen LogP contribution in [0.1, 0.15) is 41.6 Å². The minimum absolute atomic E-state index is 0.0125. The summed E-state index contributed by atoms with van der Waals surface area (Å²) < 4.78 is 0. The summed E-state index contributed by atoms with van der Waals surface area (Å²) in [5.74, 6) is 0.216. The first-order valence-corrected chi connectivity index (χ1v) is 7.12. The number of carbonyl (C=O) groups is 1. The van der Waals surface area contributed by atoms with Gasteiger partial charge in [-0.25, -0.2) is 0 Å². The van der Waals surface area contributed by atoms with E-state index in [2.05, 4.69) is 5.32 Å². The van der Waals surface area contributed by atoms with Crippen molar-refractivity contribution in [2.45, 2.75) is 38.7 Å². The monoisotopic (exact) mass is 253 g/mol. The quantitative estimate of drug-likeness (QED) is 0.868. The Morgan fingerprint density at radius 3 is 2.88 bits per heavy atom. The van der Waals surface area contributed by atoms with Gasteiger partial charge in [0.05, 0.1) is 11.7 Å². The molecule has 2 unspecified atom stereocenters. The Kier molecular flexibility index (Phi) is 4.18. The lowest BCUT2D eigenvalue weighted by Crippen LogP contribution is -2.36. The molecule has 1 aliphatic carbocycles. The van der Waals surface area contributed by atoms with Crippen molar-refractivity contribution >= 4 is 17.2 Å². The molecule has 1 amide bonds. The van der Waals surface area contributed by atoms with Gasteiger partial charge in [0.25, 0.3) is 5.91 Å². The Morgan fingerprint density at radius 2 is 2.24 bits per heavy atom. The molecule has 17 heavy (non-hydrogen) atoms. The van der Waals surface area contributed by atoms with E-state index in [0.29, 0.717) is 6.54 Å². The number of aliphatic hydroxyl groups is 1. The average Bonchev–Trinajstić information content (AvgIpc) is 2.74. The molecule has 1 aromatic heterocycles. The summed E-state index contributed by atoms with van der Waals surface area (Å²) in [6.07, 6.45) is 3.92. The fraction of sp³-hybridized carbons (Fsp3) is 0.615. The summed E-state index contributed by atoms with van der Waals surface area (Å²) in [7, 11) is 0. The maximum atomic E-state index is 11.9. The first-order valence-electron chi connectivity index (χ1n) is 6.17. The van der Waals surface area contributed by atoms with Gasteiger partial charge >= 0.3 is 0 Å². The van der Waals surface area contributed by atoms with Gasteiger partial charge in [-0.05, 0) is 30.7 Å². The Hall–Kier alpha value is -0.870. The molecule has 0 bridgehead atoms. The molecule has 1 saturated carbocycles. The number of hydrogen-bond donors (Lipinski definition) is 2. The molecule has 0 radical (unpaired) electrons. The van der Waals surface area contributed by atoms with Crippen molar-refractivity contribution in [2.24, 2.45) is 5.92 Å². The largest absolute Gasteiger partial charge is 0.393 e. The number of rotatable bonds is 3. The highest BCUT2D eigenvalue weighted by atomic mass is 32.1. The second-order valence-electron chi connectivity index (χ2n) is 4.79. The number of amides is 1. The van der Waals surface area contributed by atoms with Crippen LogP contribution < -0.4 is 5.32 Å². The molecule has 0 aromatic carbocycles. The smallest absolute Gasteiger partial charge is 0.252 e. The molecular formula is C13H19NO2S. The first-order chi connectivity index (χ1) is 8.18. The molecule has 1 aromatic rings. The number of aliphatic hydroxyl groups excluding tert-OH is 1. The molecular weight excluding hydrogens is 234 g/mol. The zero-order valence-corrected chi connectivity index (χ0v) is 10.9. The Labute approximate surface area is 106 Å². The molecule has 0 aliphatic heterocycles. The van der Waals surface area contributed by atoms with E-state index in [9.17, 15) is 9.90 Å². The van der Waals surface area contributed by atoms with Gasteiger partial charge in [0.1, 0.15) is 0 Å². The van der Waals surface area contributed by atoms with Gasteiger partial charge in [-0.15, -0.1) is 0 Å². The van der Waals surface area contributed by atoms with Crippen LogP contribution in [0.3, 0.4) is 0 Å². The molecule has 0 saturated heterocycles. The summed E-state index contributed by atoms with van der Waals surface area (Å²) in [4.78, 5) is 11.9. The lowest BCUT2D eigenvalue weighted by atomic mass is 9.86. The van der Waals surface area contributed by atoms with Gasteiger partial charge in [-0.3, -0.25) is 4.79 Å². The van der Waals surface area contributed by atoms with Crippen LogP contribution in [-0.2, 0) is 0 Å². The van der Waals surface area contributed by atoms with Gasteiger partial charge in [0, 0.05) is 17.8 Å². The molecule has 0 spiro atoms. The number of carbonyl (C=O) groups excluding carboxylic acids is 1. The Morgan fingerprint density at radius 1 is 1.47 bits per heavy atom. The number of aryl methyl sites for hydroxylation is 1. The molecule has 2 atom stereocenters. The van der Waals surface area contributed by atoms with Crippen LogP contribution in [0.5, 0.6) is 0 Å². The van der Waals surface area contributed by atoms with Crippen LogP contribution in [0.25, 0.3) is 0 Å². The lowest BCUT2D eigenvalue weighted by Gasteiger charge is -2.27. The van der Waals surface area contributed by atoms with Gasteiger partial charge in [0.15, 0.2) is 0 Å².